The first kappa shape index (κ1) is 14.9. The average Bonchev–Trinajstić information content (AvgIpc) is 2.27. The van der Waals surface area contributed by atoms with Crippen LogP contribution in [0.15, 0.2) is 24.3 Å². The maximum Gasteiger partial charge on any atom is 0.250 e. The Balaban J connectivity index is 0.00000225. The molecule has 0 aliphatic heterocycles. The molecule has 16 heavy (non-hydrogen) atoms. The third-order valence-electron chi connectivity index (χ3n) is 1.91. The van der Waals surface area contributed by atoms with Crippen molar-refractivity contribution in [3.05, 3.63) is 29.8 Å². The van der Waals surface area contributed by atoms with Gasteiger partial charge in [0.05, 0.1) is 0 Å². The number of halogens is 1. The molecule has 4 nitrogen and oxygen atoms in total. The van der Waals surface area contributed by atoms with Gasteiger partial charge >= 0.3 is 0 Å². The van der Waals surface area contributed by atoms with Crippen LogP contribution in [0.2, 0.25) is 0 Å². The van der Waals surface area contributed by atoms with Crippen LogP contribution in [0.4, 0.5) is 5.69 Å². The highest BCUT2D eigenvalue weighted by molar-refractivity contribution is 5.91. The van der Waals surface area contributed by atoms with E-state index in [1.807, 2.05) is 31.2 Å². The molecule has 1 aromatic carbocycles. The molecule has 0 aliphatic rings. The lowest BCUT2D eigenvalue weighted by atomic mass is 10.2. The van der Waals surface area contributed by atoms with Crippen molar-refractivity contribution in [3.63, 3.8) is 0 Å². The third-order valence-corrected chi connectivity index (χ3v) is 1.91. The summed E-state index contributed by atoms with van der Waals surface area (Å²) in [5, 5.41) is 2.72. The molecule has 1 amide bonds. The van der Waals surface area contributed by atoms with E-state index in [2.05, 4.69) is 5.32 Å². The van der Waals surface area contributed by atoms with Crippen molar-refractivity contribution < 1.29 is 9.53 Å². The number of rotatable bonds is 5. The molecule has 3 N–H and O–H groups in total. The number of carbonyl (C=O) groups is 1. The third kappa shape index (κ3) is 5.11. The Hall–Kier alpha value is -1.10. The highest BCUT2D eigenvalue weighted by Crippen LogP contribution is 2.08. The van der Waals surface area contributed by atoms with E-state index in [1.54, 1.807) is 0 Å². The summed E-state index contributed by atoms with van der Waals surface area (Å²) in [5.41, 5.74) is 7.26. The van der Waals surface area contributed by atoms with Gasteiger partial charge in [-0.25, -0.2) is 0 Å². The summed E-state index contributed by atoms with van der Waals surface area (Å²) in [7, 11) is 0. The van der Waals surface area contributed by atoms with E-state index in [-0.39, 0.29) is 24.9 Å². The first-order valence-corrected chi connectivity index (χ1v) is 4.93. The van der Waals surface area contributed by atoms with Gasteiger partial charge in [-0.05, 0) is 24.6 Å². The zero-order valence-electron chi connectivity index (χ0n) is 9.23. The molecule has 0 aromatic heterocycles. The van der Waals surface area contributed by atoms with Crippen LogP contribution in [0.5, 0.6) is 0 Å². The van der Waals surface area contributed by atoms with Gasteiger partial charge in [-0.1, -0.05) is 12.1 Å². The molecule has 1 rings (SSSR count). The predicted octanol–water partition coefficient (Wildman–Crippen LogP) is 1.54. The van der Waals surface area contributed by atoms with Crippen molar-refractivity contribution in [2.24, 2.45) is 5.73 Å². The molecule has 1 aromatic rings. The van der Waals surface area contributed by atoms with Crippen molar-refractivity contribution in [1.29, 1.82) is 0 Å². The molecule has 5 heteroatoms. The molecule has 90 valence electrons. The molecule has 0 unspecified atom stereocenters. The standard InChI is InChI=1S/C11H16N2O2.ClH/c1-2-15-8-11(14)13-10-5-3-9(7-12)4-6-10;/h3-6H,2,7-8,12H2,1H3,(H,13,14);1H. The normalized spacial score (nSPS) is 9.38. The lowest BCUT2D eigenvalue weighted by Crippen LogP contribution is -2.18. The van der Waals surface area contributed by atoms with E-state index in [9.17, 15) is 4.79 Å². The quantitative estimate of drug-likeness (QED) is 0.826. The fourth-order valence-corrected chi connectivity index (χ4v) is 1.12. The Morgan fingerprint density at radius 3 is 2.50 bits per heavy atom. The van der Waals surface area contributed by atoms with Gasteiger partial charge in [0.2, 0.25) is 5.91 Å². The summed E-state index contributed by atoms with van der Waals surface area (Å²) in [6.45, 7) is 2.99. The van der Waals surface area contributed by atoms with Crippen molar-refractivity contribution in [2.45, 2.75) is 13.5 Å². The Labute approximate surface area is 102 Å². The summed E-state index contributed by atoms with van der Waals surface area (Å²) in [6.07, 6.45) is 0. The predicted molar refractivity (Wildman–Crippen MR) is 66.7 cm³/mol. The molecule has 0 radical (unpaired) electrons. The first-order valence-electron chi connectivity index (χ1n) is 4.93. The van der Waals surface area contributed by atoms with Crippen LogP contribution in [0.1, 0.15) is 12.5 Å². The number of nitrogens with two attached hydrogens (primary N) is 1. The second kappa shape index (κ2) is 8.10. The minimum absolute atomic E-state index is 0. The number of hydrogen-bond donors (Lipinski definition) is 2. The average molecular weight is 245 g/mol. The maximum atomic E-state index is 11.3. The molecule has 0 saturated heterocycles. The number of nitrogens with one attached hydrogen (secondary N) is 1. The summed E-state index contributed by atoms with van der Waals surface area (Å²) in [4.78, 5) is 11.3. The summed E-state index contributed by atoms with van der Waals surface area (Å²) < 4.78 is 4.98. The zero-order valence-corrected chi connectivity index (χ0v) is 10.0. The van der Waals surface area contributed by atoms with Crippen LogP contribution in [0, 0.1) is 0 Å². The molecular weight excluding hydrogens is 228 g/mol. The molecule has 0 saturated carbocycles. The number of anilines is 1. The van der Waals surface area contributed by atoms with Crippen molar-refractivity contribution in [2.75, 3.05) is 18.5 Å². The molecular formula is C11H17ClN2O2. The first-order chi connectivity index (χ1) is 7.26. The van der Waals surface area contributed by atoms with Gasteiger partial charge in [-0.2, -0.15) is 0 Å². The second-order valence-corrected chi connectivity index (χ2v) is 3.09. The highest BCUT2D eigenvalue weighted by Gasteiger charge is 2.01. The van der Waals surface area contributed by atoms with Gasteiger partial charge in [0.15, 0.2) is 0 Å². The van der Waals surface area contributed by atoms with Gasteiger partial charge in [0.1, 0.15) is 6.61 Å². The molecule has 0 bridgehead atoms. The summed E-state index contributed by atoms with van der Waals surface area (Å²) in [6, 6.07) is 7.42. The van der Waals surface area contributed by atoms with Crippen molar-refractivity contribution in [3.8, 4) is 0 Å². The van der Waals surface area contributed by atoms with Crippen LogP contribution < -0.4 is 11.1 Å². The van der Waals surface area contributed by atoms with E-state index in [0.717, 1.165) is 11.3 Å². The molecule has 0 atom stereocenters. The second-order valence-electron chi connectivity index (χ2n) is 3.09. The van der Waals surface area contributed by atoms with Crippen LogP contribution in [0.3, 0.4) is 0 Å². The monoisotopic (exact) mass is 244 g/mol. The SMILES string of the molecule is CCOCC(=O)Nc1ccc(CN)cc1.Cl. The largest absolute Gasteiger partial charge is 0.372 e. The maximum absolute atomic E-state index is 11.3. The van der Waals surface area contributed by atoms with Gasteiger partial charge in [0, 0.05) is 18.8 Å². The van der Waals surface area contributed by atoms with Crippen LogP contribution >= 0.6 is 12.4 Å². The van der Waals surface area contributed by atoms with Gasteiger partial charge < -0.3 is 15.8 Å². The van der Waals surface area contributed by atoms with Gasteiger partial charge in [-0.3, -0.25) is 4.79 Å². The number of hydrogen-bond acceptors (Lipinski definition) is 3. The lowest BCUT2D eigenvalue weighted by Gasteiger charge is -2.05. The molecule has 0 heterocycles. The number of benzene rings is 1. The topological polar surface area (TPSA) is 64.3 Å². The number of ether oxygens (including phenoxy) is 1. The van der Waals surface area contributed by atoms with Crippen LogP contribution in [-0.4, -0.2) is 19.1 Å². The van der Waals surface area contributed by atoms with E-state index in [4.69, 9.17) is 10.5 Å². The number of amides is 1. The van der Waals surface area contributed by atoms with E-state index in [0.29, 0.717) is 13.2 Å². The van der Waals surface area contributed by atoms with E-state index < -0.39 is 0 Å². The fourth-order valence-electron chi connectivity index (χ4n) is 1.12. The molecule has 0 spiro atoms. The summed E-state index contributed by atoms with van der Waals surface area (Å²) in [5.74, 6) is -0.141. The van der Waals surface area contributed by atoms with Crippen molar-refractivity contribution in [1.82, 2.24) is 0 Å². The Morgan fingerprint density at radius 2 is 2.00 bits per heavy atom. The molecule has 0 aliphatic carbocycles. The van der Waals surface area contributed by atoms with E-state index in [1.165, 1.54) is 0 Å². The number of carbonyl (C=O) groups excluding carboxylic acids is 1. The Kier molecular flexibility index (Phi) is 7.54. The smallest absolute Gasteiger partial charge is 0.250 e. The zero-order chi connectivity index (χ0) is 11.1. The van der Waals surface area contributed by atoms with Gasteiger partial charge in [0.25, 0.3) is 0 Å². The minimum atomic E-state index is -0.141. The van der Waals surface area contributed by atoms with Gasteiger partial charge in [-0.15, -0.1) is 12.4 Å². The van der Waals surface area contributed by atoms with Crippen LogP contribution in [-0.2, 0) is 16.1 Å². The summed E-state index contributed by atoms with van der Waals surface area (Å²) >= 11 is 0. The fraction of sp³-hybridized carbons (Fsp3) is 0.364. The van der Waals surface area contributed by atoms with Crippen LogP contribution in [0.25, 0.3) is 0 Å². The molecule has 0 fully saturated rings. The highest BCUT2D eigenvalue weighted by atomic mass is 35.5. The lowest BCUT2D eigenvalue weighted by molar-refractivity contribution is -0.120. The Morgan fingerprint density at radius 1 is 1.38 bits per heavy atom. The Bertz CT molecular complexity index is 314. The minimum Gasteiger partial charge on any atom is -0.372 e. The van der Waals surface area contributed by atoms with E-state index >= 15 is 0 Å². The van der Waals surface area contributed by atoms with Crippen molar-refractivity contribution >= 4 is 24.0 Å².